The molecule has 0 aromatic carbocycles. The van der Waals surface area contributed by atoms with Gasteiger partial charge in [0.05, 0.1) is 25.2 Å². The number of ether oxygens (including phenoxy) is 9. The molecule has 490 valence electrons. The van der Waals surface area contributed by atoms with Crippen LogP contribution in [0.5, 0.6) is 0 Å². The first-order valence-corrected chi connectivity index (χ1v) is 31.1. The number of aliphatic hydroxyl groups is 5. The highest BCUT2D eigenvalue weighted by molar-refractivity contribution is 7.82. The van der Waals surface area contributed by atoms with Crippen molar-refractivity contribution in [3.8, 4) is 0 Å². The number of carboxylic acids is 3. The number of carboxylic acid groups (broad SMARTS) is 3. The zero-order valence-electron chi connectivity index (χ0n) is 41.5. The normalized spacial score (nSPS) is 38.6. The van der Waals surface area contributed by atoms with E-state index in [9.17, 15) is 133 Å². The van der Waals surface area contributed by atoms with Crippen molar-refractivity contribution < 1.29 is 201 Å². The molecule has 45 nitrogen and oxygen atoms in total. The van der Waals surface area contributed by atoms with Crippen molar-refractivity contribution in [1.29, 1.82) is 0 Å². The molecule has 5 fully saturated rings. The van der Waals surface area contributed by atoms with Crippen LogP contribution in [0.15, 0.2) is 0 Å². The summed E-state index contributed by atoms with van der Waals surface area (Å²) in [6.45, 7) is -3.34. The lowest BCUT2D eigenvalue weighted by atomic mass is 9.93. The predicted molar refractivity (Wildman–Crippen MR) is 244 cm³/mol. The summed E-state index contributed by atoms with van der Waals surface area (Å²) >= 11 is 0. The van der Waals surface area contributed by atoms with E-state index in [0.717, 1.165) is 0 Å². The van der Waals surface area contributed by atoms with Gasteiger partial charge in [-0.15, -0.1) is 0 Å². The Morgan fingerprint density at radius 1 is 0.429 bits per heavy atom. The van der Waals surface area contributed by atoms with Crippen molar-refractivity contribution in [2.75, 3.05) is 32.9 Å². The molecule has 0 aromatic rings. The smallest absolute Gasteiger partial charge is 0.397 e. The molecule has 5 aliphatic heterocycles. The molecular formula is C33H53NO44S6. The standard InChI is InChI=1S/C33H53NO44S6/c1-2-3-64-19-14(38)23(77-83(58,59)60)32(73-25(19)28(42)43)70-18-11(7-66-80(49,50)51)68-31(22(13(18)37)76-82(55,56)57)72-20-15(39)24(78-84(61,62)63)33(74-26(20)29(44)45)71-17-10(6-65-79(46,47)48)67-30(21(12(17)36)75-81(52,53)54)69-16-8(27(40)41)4-34-5-9(16)35/h8-26,30-39H,2-7H2,1H3,(H,40,41)(H,42,43)(H,44,45)(H,46,47,48)(H,49,50,51)(H,52,53,54)(H,55,56,57)(H,58,59,60)(H,61,62,63)/t8-,9+,10+,11+,12-,13-,14-,15-,16+,17+,18+,19-,20-,21+,22+,23+,24+,25+,26+,30+,31+,32+,33+/m0/s1. The Hall–Kier alpha value is -2.97. The molecule has 23 atom stereocenters. The van der Waals surface area contributed by atoms with Gasteiger partial charge in [-0.1, -0.05) is 6.92 Å². The molecule has 0 aliphatic carbocycles. The van der Waals surface area contributed by atoms with E-state index >= 15 is 0 Å². The van der Waals surface area contributed by atoms with Crippen molar-refractivity contribution in [3.05, 3.63) is 0 Å². The summed E-state index contributed by atoms with van der Waals surface area (Å²) in [5, 5.41) is 89.4. The Balaban J connectivity index is 1.58. The SMILES string of the molecule is CCCO[C@H]1[C@H](O)[C@@H](OS(=O)(=O)O)[C@H](O[C@H]2[C@H](O)[C@@H](OS(=O)(=O)O)[C@@H](O[C@H]3[C@H](O)[C@@H](OS(=O)(=O)O)[C@H](O[C@H]4[C@H](O)[C@@H](OS(=O)(=O)O)[C@@H](O[C@H]5[C@H](O)CNC[C@@H]5C(=O)O)O[C@@H]4COS(=O)(=O)O)O[C@H]3C(=O)O)O[C@@H]2COS(=O)(=O)O)O[C@H]1C(=O)O. The first-order chi connectivity index (χ1) is 38.4. The van der Waals surface area contributed by atoms with Gasteiger partial charge >= 0.3 is 80.3 Å². The van der Waals surface area contributed by atoms with Crippen molar-refractivity contribution >= 4 is 80.3 Å². The van der Waals surface area contributed by atoms with Gasteiger partial charge in [-0.25, -0.2) is 34.7 Å². The lowest BCUT2D eigenvalue weighted by Crippen LogP contribution is -2.69. The van der Waals surface area contributed by atoms with Crippen molar-refractivity contribution in [2.24, 2.45) is 5.92 Å². The first-order valence-electron chi connectivity index (χ1n) is 22.9. The number of carbonyl (C=O) groups is 3. The minimum atomic E-state index is -6.14. The third-order valence-corrected chi connectivity index (χ3v) is 14.7. The number of hydrogen-bond acceptors (Lipinski definition) is 36. The highest BCUT2D eigenvalue weighted by atomic mass is 32.3. The summed E-state index contributed by atoms with van der Waals surface area (Å²) in [5.74, 6) is -7.96. The molecule has 0 bridgehead atoms. The number of β-amino-alcohol motifs (C(OH)–C–C–N with tert-alkyl or cyclic N) is 1. The van der Waals surface area contributed by atoms with Gasteiger partial charge in [-0.3, -0.25) is 32.1 Å². The maximum Gasteiger partial charge on any atom is 0.397 e. The first kappa shape index (κ1) is 71.8. The van der Waals surface area contributed by atoms with Crippen molar-refractivity contribution in [2.45, 2.75) is 148 Å². The number of aliphatic carboxylic acids is 3. The fourth-order valence-electron chi connectivity index (χ4n) is 8.67. The van der Waals surface area contributed by atoms with Gasteiger partial charge in [-0.2, -0.15) is 50.5 Å². The molecule has 0 unspecified atom stereocenters. The third kappa shape index (κ3) is 20.0. The zero-order chi connectivity index (χ0) is 63.6. The second-order valence-corrected chi connectivity index (χ2v) is 24.2. The molecule has 0 radical (unpaired) electrons. The van der Waals surface area contributed by atoms with Crippen LogP contribution in [0.4, 0.5) is 0 Å². The molecule has 0 spiro atoms. The molecule has 5 saturated heterocycles. The van der Waals surface area contributed by atoms with E-state index < -0.39 is 248 Å². The van der Waals surface area contributed by atoms with Crippen molar-refractivity contribution in [1.82, 2.24) is 5.32 Å². The molecule has 51 heteroatoms. The summed E-state index contributed by atoms with van der Waals surface area (Å²) in [6.07, 6.45) is -60.8. The van der Waals surface area contributed by atoms with Gasteiger partial charge in [0.2, 0.25) is 0 Å². The average molecular weight is 1360 g/mol. The van der Waals surface area contributed by atoms with E-state index in [2.05, 4.69) is 30.4 Å². The summed E-state index contributed by atoms with van der Waals surface area (Å²) in [6, 6.07) is 0. The monoisotopic (exact) mass is 1360 g/mol. The van der Waals surface area contributed by atoms with E-state index in [1.54, 1.807) is 0 Å². The molecule has 0 aromatic heterocycles. The number of nitrogens with one attached hydrogen (secondary N) is 1. The minimum absolute atomic E-state index is 0.0955. The molecule has 5 heterocycles. The Bertz CT molecular complexity index is 2980. The topological polar surface area (TPSA) is 690 Å². The molecule has 15 N–H and O–H groups in total. The maximum absolute atomic E-state index is 13.0. The highest BCUT2D eigenvalue weighted by Gasteiger charge is 2.61. The maximum atomic E-state index is 13.0. The number of rotatable bonds is 28. The Labute approximate surface area is 472 Å². The zero-order valence-corrected chi connectivity index (χ0v) is 46.4. The summed E-state index contributed by atoms with van der Waals surface area (Å²) in [7, 11) is -35.3. The fourth-order valence-corrected chi connectivity index (χ4v) is 11.2. The Kier molecular flexibility index (Phi) is 24.1. The second-order valence-electron chi connectivity index (χ2n) is 17.9. The van der Waals surface area contributed by atoms with Crippen LogP contribution in [0.2, 0.25) is 0 Å². The van der Waals surface area contributed by atoms with Gasteiger partial charge in [0.25, 0.3) is 0 Å². The van der Waals surface area contributed by atoms with Crippen LogP contribution in [0.3, 0.4) is 0 Å². The van der Waals surface area contributed by atoms with Crippen LogP contribution in [0.1, 0.15) is 13.3 Å². The predicted octanol–water partition coefficient (Wildman–Crippen LogP) is -10.1. The van der Waals surface area contributed by atoms with Gasteiger partial charge < -0.3 is 88.8 Å². The third-order valence-electron chi connectivity index (χ3n) is 11.9. The van der Waals surface area contributed by atoms with E-state index in [-0.39, 0.29) is 13.0 Å². The van der Waals surface area contributed by atoms with Crippen LogP contribution in [-0.2, 0) is 145 Å². The molecule has 5 rings (SSSR count). The van der Waals surface area contributed by atoms with E-state index in [1.165, 1.54) is 6.92 Å². The van der Waals surface area contributed by atoms with Crippen LogP contribution in [0.25, 0.3) is 0 Å². The summed E-state index contributed by atoms with van der Waals surface area (Å²) in [5.41, 5.74) is 0. The quantitative estimate of drug-likeness (QED) is 0.0324. The summed E-state index contributed by atoms with van der Waals surface area (Å²) in [4.78, 5) is 37.4. The molecule has 84 heavy (non-hydrogen) atoms. The molecule has 0 saturated carbocycles. The van der Waals surface area contributed by atoms with Gasteiger partial charge in [0, 0.05) is 19.7 Å². The Morgan fingerprint density at radius 3 is 1.08 bits per heavy atom. The largest absolute Gasteiger partial charge is 0.481 e. The lowest BCUT2D eigenvalue weighted by Gasteiger charge is -2.49. The Morgan fingerprint density at radius 2 is 0.750 bits per heavy atom. The molecule has 0 amide bonds. The number of piperidine rings is 1. The lowest BCUT2D eigenvalue weighted by molar-refractivity contribution is -0.381. The fraction of sp³-hybridized carbons (Fsp3) is 0.909. The molecule has 5 aliphatic rings. The van der Waals surface area contributed by atoms with Gasteiger partial charge in [0.15, 0.2) is 61.8 Å². The molecular weight excluding hydrogens is 1310 g/mol. The average Bonchev–Trinajstić information content (AvgIpc) is 1.85. The highest BCUT2D eigenvalue weighted by Crippen LogP contribution is 2.39. The van der Waals surface area contributed by atoms with Crippen LogP contribution < -0.4 is 5.32 Å². The van der Waals surface area contributed by atoms with E-state index in [4.69, 9.17) is 42.6 Å². The van der Waals surface area contributed by atoms with Gasteiger partial charge in [-0.05, 0) is 6.42 Å². The van der Waals surface area contributed by atoms with E-state index in [0.29, 0.717) is 0 Å². The van der Waals surface area contributed by atoms with Crippen LogP contribution >= 0.6 is 0 Å². The minimum Gasteiger partial charge on any atom is -0.481 e. The van der Waals surface area contributed by atoms with Crippen molar-refractivity contribution in [3.63, 3.8) is 0 Å². The van der Waals surface area contributed by atoms with E-state index in [1.807, 2.05) is 0 Å². The van der Waals surface area contributed by atoms with Crippen LogP contribution in [-0.4, -0.2) is 305 Å². The summed E-state index contributed by atoms with van der Waals surface area (Å²) < 4.78 is 277. The number of hydrogen-bond donors (Lipinski definition) is 15. The van der Waals surface area contributed by atoms with Gasteiger partial charge in [0.1, 0.15) is 67.1 Å². The second kappa shape index (κ2) is 28.2. The number of aliphatic hydroxyl groups excluding tert-OH is 5. The van der Waals surface area contributed by atoms with Crippen LogP contribution in [0, 0.1) is 5.92 Å².